The number of hydrogen-bond donors (Lipinski definition) is 1. The van der Waals surface area contributed by atoms with E-state index in [-0.39, 0.29) is 11.5 Å². The summed E-state index contributed by atoms with van der Waals surface area (Å²) in [6, 6.07) is 9.39. The lowest BCUT2D eigenvalue weighted by atomic mass is 9.94. The minimum absolute atomic E-state index is 0.228. The Morgan fingerprint density at radius 3 is 2.68 bits per heavy atom. The van der Waals surface area contributed by atoms with Crippen molar-refractivity contribution in [3.05, 3.63) is 70.7 Å². The van der Waals surface area contributed by atoms with E-state index < -0.39 is 0 Å². The molecule has 1 amide bonds. The fourth-order valence-electron chi connectivity index (χ4n) is 3.09. The van der Waals surface area contributed by atoms with Gasteiger partial charge in [0.25, 0.3) is 5.56 Å². The second kappa shape index (κ2) is 7.38. The first-order valence-corrected chi connectivity index (χ1v) is 8.56. The average Bonchev–Trinajstić information content (AvgIpc) is 2.85. The fraction of sp³-hybridized carbons (Fsp3) is 0.300. The van der Waals surface area contributed by atoms with Gasteiger partial charge in [-0.1, -0.05) is 36.4 Å². The highest BCUT2D eigenvalue weighted by atomic mass is 16.2. The molecule has 1 aromatic heterocycles. The minimum atomic E-state index is -0.263. The number of benzene rings is 1. The maximum atomic E-state index is 12.7. The normalized spacial score (nSPS) is 17.1. The van der Waals surface area contributed by atoms with Crippen molar-refractivity contribution in [2.24, 2.45) is 13.0 Å². The number of carbonyl (C=O) groups excluding carboxylic acids is 1. The molecule has 5 heteroatoms. The fourth-order valence-corrected chi connectivity index (χ4v) is 3.09. The summed E-state index contributed by atoms with van der Waals surface area (Å²) in [5.74, 6) is 0.133. The monoisotopic (exact) mass is 337 g/mol. The van der Waals surface area contributed by atoms with E-state index >= 15 is 0 Å². The first-order chi connectivity index (χ1) is 12.1. The zero-order valence-electron chi connectivity index (χ0n) is 14.6. The van der Waals surface area contributed by atoms with Gasteiger partial charge in [0.1, 0.15) is 5.69 Å². The Morgan fingerprint density at radius 2 is 2.00 bits per heavy atom. The van der Waals surface area contributed by atoms with Crippen LogP contribution in [0.5, 0.6) is 0 Å². The van der Waals surface area contributed by atoms with Gasteiger partial charge in [-0.15, -0.1) is 0 Å². The van der Waals surface area contributed by atoms with Crippen molar-refractivity contribution in [2.45, 2.75) is 26.2 Å². The third kappa shape index (κ3) is 3.65. The molecule has 25 heavy (non-hydrogen) atoms. The molecule has 5 nitrogen and oxygen atoms in total. The molecule has 0 radical (unpaired) electrons. The molecule has 1 heterocycles. The largest absolute Gasteiger partial charge is 0.316 e. The van der Waals surface area contributed by atoms with Gasteiger partial charge in [0.15, 0.2) is 0 Å². The summed E-state index contributed by atoms with van der Waals surface area (Å²) >= 11 is 0. The first kappa shape index (κ1) is 17.0. The van der Waals surface area contributed by atoms with Crippen LogP contribution in [0.15, 0.2) is 59.4 Å². The minimum Gasteiger partial charge on any atom is -0.316 e. The Labute approximate surface area is 147 Å². The molecule has 1 N–H and O–H groups in total. The van der Waals surface area contributed by atoms with Gasteiger partial charge in [0, 0.05) is 7.05 Å². The molecule has 130 valence electrons. The summed E-state index contributed by atoms with van der Waals surface area (Å²) in [6.07, 6.45) is 10.9. The number of para-hydroxylation sites is 1. The van der Waals surface area contributed by atoms with Crippen LogP contribution in [-0.4, -0.2) is 15.3 Å². The second-order valence-corrected chi connectivity index (χ2v) is 6.33. The van der Waals surface area contributed by atoms with Crippen LogP contribution >= 0.6 is 0 Å². The Morgan fingerprint density at radius 1 is 1.24 bits per heavy atom. The topological polar surface area (TPSA) is 56.0 Å². The molecule has 1 aliphatic carbocycles. The van der Waals surface area contributed by atoms with Crippen molar-refractivity contribution in [2.75, 3.05) is 5.32 Å². The van der Waals surface area contributed by atoms with Gasteiger partial charge in [0.2, 0.25) is 5.91 Å². The van der Waals surface area contributed by atoms with Crippen LogP contribution in [0, 0.1) is 12.8 Å². The lowest BCUT2D eigenvalue weighted by molar-refractivity contribution is -0.111. The van der Waals surface area contributed by atoms with Crippen LogP contribution in [0.25, 0.3) is 5.69 Å². The predicted molar refractivity (Wildman–Crippen MR) is 100.0 cm³/mol. The van der Waals surface area contributed by atoms with Gasteiger partial charge in [-0.05, 0) is 50.3 Å². The maximum absolute atomic E-state index is 12.7. The molecule has 0 spiro atoms. The van der Waals surface area contributed by atoms with Crippen LogP contribution in [0.4, 0.5) is 5.69 Å². The van der Waals surface area contributed by atoms with Gasteiger partial charge in [0.05, 0.1) is 11.4 Å². The Hall–Kier alpha value is -2.82. The number of amides is 1. The summed E-state index contributed by atoms with van der Waals surface area (Å²) < 4.78 is 3.31. The van der Waals surface area contributed by atoms with Crippen LogP contribution < -0.4 is 10.9 Å². The lowest BCUT2D eigenvalue weighted by Gasteiger charge is -2.12. The summed E-state index contributed by atoms with van der Waals surface area (Å²) in [5.41, 5.74) is 1.58. The van der Waals surface area contributed by atoms with Crippen LogP contribution in [0.3, 0.4) is 0 Å². The first-order valence-electron chi connectivity index (χ1n) is 8.56. The number of nitrogens with one attached hydrogen (secondary N) is 1. The van der Waals surface area contributed by atoms with Crippen molar-refractivity contribution in [3.8, 4) is 5.69 Å². The Balaban J connectivity index is 1.81. The highest BCUT2D eigenvalue weighted by Crippen LogP contribution is 2.19. The van der Waals surface area contributed by atoms with Crippen molar-refractivity contribution >= 4 is 11.6 Å². The molecule has 0 bridgehead atoms. The van der Waals surface area contributed by atoms with Crippen molar-refractivity contribution < 1.29 is 4.79 Å². The number of carbonyl (C=O) groups is 1. The molecule has 2 aromatic rings. The van der Waals surface area contributed by atoms with Crippen molar-refractivity contribution in [3.63, 3.8) is 0 Å². The number of aromatic nitrogens is 2. The summed E-state index contributed by atoms with van der Waals surface area (Å²) in [7, 11) is 1.81. The number of rotatable bonds is 4. The average molecular weight is 337 g/mol. The maximum Gasteiger partial charge on any atom is 0.295 e. The van der Waals surface area contributed by atoms with E-state index in [1.807, 2.05) is 50.4 Å². The smallest absolute Gasteiger partial charge is 0.295 e. The predicted octanol–water partition coefficient (Wildman–Crippen LogP) is 3.34. The number of hydrogen-bond acceptors (Lipinski definition) is 2. The van der Waals surface area contributed by atoms with Gasteiger partial charge < -0.3 is 5.32 Å². The zero-order chi connectivity index (χ0) is 17.8. The molecule has 0 saturated carbocycles. The standard InChI is InChI=1S/C20H23N3O2/c1-15-19(21-18(24)14-13-16-9-5-3-6-10-16)20(25)23(22(15)2)17-11-7-4-8-12-17/h3-5,7-8,11-14,16H,6,9-10H2,1-2H3,(H,21,24). The van der Waals surface area contributed by atoms with Crippen LogP contribution in [0.1, 0.15) is 25.0 Å². The molecular formula is C20H23N3O2. The van der Waals surface area contributed by atoms with Gasteiger partial charge in [-0.3, -0.25) is 14.3 Å². The Bertz CT molecular complexity index is 872. The summed E-state index contributed by atoms with van der Waals surface area (Å²) in [5, 5.41) is 2.75. The lowest BCUT2D eigenvalue weighted by Crippen LogP contribution is -2.22. The van der Waals surface area contributed by atoms with E-state index in [1.165, 1.54) is 0 Å². The van der Waals surface area contributed by atoms with Gasteiger partial charge in [-0.2, -0.15) is 0 Å². The SMILES string of the molecule is Cc1c(NC(=O)C=CC2CC=CCC2)c(=O)n(-c2ccccc2)n1C. The van der Waals surface area contributed by atoms with E-state index in [1.54, 1.807) is 15.4 Å². The number of anilines is 1. The molecule has 1 unspecified atom stereocenters. The van der Waals surface area contributed by atoms with Gasteiger partial charge >= 0.3 is 0 Å². The van der Waals surface area contributed by atoms with Crippen LogP contribution in [-0.2, 0) is 11.8 Å². The van der Waals surface area contributed by atoms with Gasteiger partial charge in [-0.25, -0.2) is 4.68 Å². The summed E-state index contributed by atoms with van der Waals surface area (Å²) in [4.78, 5) is 25.0. The highest BCUT2D eigenvalue weighted by molar-refractivity contribution is 5.99. The molecular weight excluding hydrogens is 314 g/mol. The van der Waals surface area contributed by atoms with Crippen molar-refractivity contribution in [1.82, 2.24) is 9.36 Å². The number of allylic oxidation sites excluding steroid dienone is 3. The Kier molecular flexibility index (Phi) is 5.03. The molecule has 0 fully saturated rings. The molecule has 1 aliphatic rings. The molecule has 0 saturated heterocycles. The van der Waals surface area contributed by atoms with E-state index in [0.717, 1.165) is 30.6 Å². The van der Waals surface area contributed by atoms with Crippen molar-refractivity contribution in [1.29, 1.82) is 0 Å². The number of nitrogens with zero attached hydrogens (tertiary/aromatic N) is 2. The van der Waals surface area contributed by atoms with E-state index in [9.17, 15) is 9.59 Å². The molecule has 1 atom stereocenters. The van der Waals surface area contributed by atoms with Crippen LogP contribution in [0.2, 0.25) is 0 Å². The third-order valence-electron chi connectivity index (χ3n) is 4.63. The molecule has 3 rings (SSSR count). The second-order valence-electron chi connectivity index (χ2n) is 6.33. The van der Waals surface area contributed by atoms with E-state index in [0.29, 0.717) is 11.6 Å². The van der Waals surface area contributed by atoms with E-state index in [2.05, 4.69) is 17.5 Å². The highest BCUT2D eigenvalue weighted by Gasteiger charge is 2.17. The summed E-state index contributed by atoms with van der Waals surface area (Å²) in [6.45, 7) is 1.83. The van der Waals surface area contributed by atoms with E-state index in [4.69, 9.17) is 0 Å². The molecule has 0 aliphatic heterocycles. The zero-order valence-corrected chi connectivity index (χ0v) is 14.6. The quantitative estimate of drug-likeness (QED) is 0.687. The molecule has 1 aromatic carbocycles. The third-order valence-corrected chi connectivity index (χ3v) is 4.63.